The number of carbonyl (C=O) groups excluding carboxylic acids is 1. The lowest BCUT2D eigenvalue weighted by molar-refractivity contribution is 0.0711. The molecule has 2 aromatic heterocycles. The average Bonchev–Trinajstić information content (AvgIpc) is 3.12. The van der Waals surface area contributed by atoms with Crippen LogP contribution in [0.15, 0.2) is 42.6 Å². The fourth-order valence-electron chi connectivity index (χ4n) is 3.60. The first kappa shape index (κ1) is 19.7. The van der Waals surface area contributed by atoms with Crippen LogP contribution in [0, 0.1) is 0 Å². The Kier molecular flexibility index (Phi) is 5.18. The van der Waals surface area contributed by atoms with Gasteiger partial charge in [-0.25, -0.2) is 8.42 Å². The second kappa shape index (κ2) is 7.64. The van der Waals surface area contributed by atoms with Crippen LogP contribution in [0.2, 0.25) is 5.02 Å². The predicted molar refractivity (Wildman–Crippen MR) is 111 cm³/mol. The lowest BCUT2D eigenvalue weighted by atomic mass is 9.95. The summed E-state index contributed by atoms with van der Waals surface area (Å²) in [5.41, 5.74) is 1.41. The van der Waals surface area contributed by atoms with E-state index in [9.17, 15) is 13.2 Å². The zero-order valence-electron chi connectivity index (χ0n) is 15.7. The standard InChI is InChI=1S/C19H20ClN5O3S/c1-29(27,28)23-16-12-14(5-6-15(16)20)19(26)24-10-7-13(8-11-24)18-22-21-17-4-2-3-9-25(17)18/h2-6,9,12-13,23H,7-8,10-11H2,1H3. The highest BCUT2D eigenvalue weighted by Gasteiger charge is 2.27. The fraction of sp³-hybridized carbons (Fsp3) is 0.316. The molecule has 1 aliphatic rings. The Bertz CT molecular complexity index is 1170. The van der Waals surface area contributed by atoms with E-state index in [1.54, 1.807) is 11.0 Å². The summed E-state index contributed by atoms with van der Waals surface area (Å²) in [6.07, 6.45) is 4.55. The van der Waals surface area contributed by atoms with Gasteiger partial charge in [0, 0.05) is 30.8 Å². The fourth-order valence-corrected chi connectivity index (χ4v) is 4.39. The molecular formula is C19H20ClN5O3S. The van der Waals surface area contributed by atoms with Crippen LogP contribution in [-0.2, 0) is 10.0 Å². The van der Waals surface area contributed by atoms with Crippen molar-refractivity contribution in [2.24, 2.45) is 0 Å². The van der Waals surface area contributed by atoms with Crippen LogP contribution in [0.5, 0.6) is 0 Å². The van der Waals surface area contributed by atoms with Gasteiger partial charge in [-0.2, -0.15) is 0 Å². The lowest BCUT2D eigenvalue weighted by Gasteiger charge is -2.31. The molecule has 1 amide bonds. The van der Waals surface area contributed by atoms with Crippen molar-refractivity contribution in [1.82, 2.24) is 19.5 Å². The molecule has 0 unspecified atom stereocenters. The molecule has 3 heterocycles. The van der Waals surface area contributed by atoms with Gasteiger partial charge in [-0.3, -0.25) is 13.9 Å². The van der Waals surface area contributed by atoms with Crippen molar-refractivity contribution in [2.75, 3.05) is 24.1 Å². The first-order valence-electron chi connectivity index (χ1n) is 9.18. The second-order valence-electron chi connectivity index (χ2n) is 7.12. The van der Waals surface area contributed by atoms with Gasteiger partial charge in [0.1, 0.15) is 5.82 Å². The van der Waals surface area contributed by atoms with E-state index >= 15 is 0 Å². The van der Waals surface area contributed by atoms with Gasteiger partial charge in [0.05, 0.1) is 17.0 Å². The number of nitrogens with one attached hydrogen (secondary N) is 1. The molecule has 3 aromatic rings. The first-order valence-corrected chi connectivity index (χ1v) is 11.4. The molecule has 0 saturated carbocycles. The smallest absolute Gasteiger partial charge is 0.253 e. The molecule has 0 spiro atoms. The highest BCUT2D eigenvalue weighted by molar-refractivity contribution is 7.92. The maximum absolute atomic E-state index is 12.9. The molecule has 1 aromatic carbocycles. The van der Waals surface area contributed by atoms with Crippen LogP contribution in [0.25, 0.3) is 5.65 Å². The summed E-state index contributed by atoms with van der Waals surface area (Å²) in [5, 5.41) is 8.78. The number of nitrogens with zero attached hydrogens (tertiary/aromatic N) is 4. The van der Waals surface area contributed by atoms with E-state index in [1.165, 1.54) is 12.1 Å². The molecule has 8 nitrogen and oxygen atoms in total. The Morgan fingerprint density at radius 3 is 2.66 bits per heavy atom. The van der Waals surface area contributed by atoms with Gasteiger partial charge in [-0.05, 0) is 43.2 Å². The minimum absolute atomic E-state index is 0.150. The number of fused-ring (bicyclic) bond motifs is 1. The molecule has 0 aliphatic carbocycles. The lowest BCUT2D eigenvalue weighted by Crippen LogP contribution is -2.38. The Hall–Kier alpha value is -2.65. The van der Waals surface area contributed by atoms with Crippen LogP contribution in [0.4, 0.5) is 5.69 Å². The highest BCUT2D eigenvalue weighted by atomic mass is 35.5. The first-order chi connectivity index (χ1) is 13.8. The third-order valence-corrected chi connectivity index (χ3v) is 5.92. The largest absolute Gasteiger partial charge is 0.339 e. The van der Waals surface area contributed by atoms with Crippen molar-refractivity contribution in [3.05, 3.63) is 59.0 Å². The molecule has 1 N–H and O–H groups in total. The number of piperidine rings is 1. The van der Waals surface area contributed by atoms with Crippen molar-refractivity contribution in [2.45, 2.75) is 18.8 Å². The summed E-state index contributed by atoms with van der Waals surface area (Å²) >= 11 is 6.05. The molecule has 152 valence electrons. The van der Waals surface area contributed by atoms with Crippen molar-refractivity contribution in [3.8, 4) is 0 Å². The molecule has 1 fully saturated rings. The molecule has 0 bridgehead atoms. The molecule has 10 heteroatoms. The van der Waals surface area contributed by atoms with E-state index in [0.717, 1.165) is 30.6 Å². The van der Waals surface area contributed by atoms with E-state index in [-0.39, 0.29) is 22.5 Å². The van der Waals surface area contributed by atoms with Gasteiger partial charge < -0.3 is 4.90 Å². The number of sulfonamides is 1. The van der Waals surface area contributed by atoms with E-state index in [0.29, 0.717) is 18.7 Å². The van der Waals surface area contributed by atoms with Crippen molar-refractivity contribution < 1.29 is 13.2 Å². The number of halogens is 1. The summed E-state index contributed by atoms with van der Waals surface area (Å²) in [4.78, 5) is 14.7. The number of hydrogen-bond acceptors (Lipinski definition) is 5. The van der Waals surface area contributed by atoms with Gasteiger partial charge in [-0.15, -0.1) is 10.2 Å². The monoisotopic (exact) mass is 433 g/mol. The van der Waals surface area contributed by atoms with Crippen molar-refractivity contribution in [1.29, 1.82) is 0 Å². The third kappa shape index (κ3) is 4.20. The Balaban J connectivity index is 1.47. The third-order valence-electron chi connectivity index (χ3n) is 5.00. The number of pyridine rings is 1. The Morgan fingerprint density at radius 2 is 1.93 bits per heavy atom. The summed E-state index contributed by atoms with van der Waals surface area (Å²) in [5.74, 6) is 0.991. The maximum atomic E-state index is 12.9. The highest BCUT2D eigenvalue weighted by Crippen LogP contribution is 2.29. The van der Waals surface area contributed by atoms with E-state index in [1.807, 2.05) is 28.8 Å². The van der Waals surface area contributed by atoms with Gasteiger partial charge in [0.25, 0.3) is 5.91 Å². The number of rotatable bonds is 4. The molecule has 29 heavy (non-hydrogen) atoms. The van der Waals surface area contributed by atoms with Gasteiger partial charge in [0.2, 0.25) is 10.0 Å². The number of likely N-dealkylation sites (tertiary alicyclic amines) is 1. The summed E-state index contributed by atoms with van der Waals surface area (Å²) in [6, 6.07) is 10.4. The zero-order chi connectivity index (χ0) is 20.6. The number of amides is 1. The van der Waals surface area contributed by atoms with E-state index in [4.69, 9.17) is 11.6 Å². The molecule has 0 atom stereocenters. The van der Waals surface area contributed by atoms with Crippen LogP contribution in [-0.4, -0.2) is 53.2 Å². The average molecular weight is 434 g/mol. The van der Waals surface area contributed by atoms with Crippen LogP contribution in [0.3, 0.4) is 0 Å². The van der Waals surface area contributed by atoms with Crippen LogP contribution >= 0.6 is 11.6 Å². The summed E-state index contributed by atoms with van der Waals surface area (Å²) in [6.45, 7) is 1.17. The van der Waals surface area contributed by atoms with Crippen molar-refractivity contribution in [3.63, 3.8) is 0 Å². The number of carbonyl (C=O) groups is 1. The number of aromatic nitrogens is 3. The topological polar surface area (TPSA) is 96.7 Å². The van der Waals surface area contributed by atoms with E-state index in [2.05, 4.69) is 14.9 Å². The minimum atomic E-state index is -3.49. The minimum Gasteiger partial charge on any atom is -0.339 e. The molecule has 0 radical (unpaired) electrons. The summed E-state index contributed by atoms with van der Waals surface area (Å²) < 4.78 is 27.3. The summed E-state index contributed by atoms with van der Waals surface area (Å²) in [7, 11) is -3.49. The Labute approximate surface area is 173 Å². The maximum Gasteiger partial charge on any atom is 0.253 e. The number of hydrogen-bond donors (Lipinski definition) is 1. The van der Waals surface area contributed by atoms with Gasteiger partial charge in [-0.1, -0.05) is 17.7 Å². The van der Waals surface area contributed by atoms with Crippen LogP contribution < -0.4 is 4.72 Å². The molecule has 4 rings (SSSR count). The molecular weight excluding hydrogens is 414 g/mol. The van der Waals surface area contributed by atoms with Crippen LogP contribution in [0.1, 0.15) is 34.9 Å². The SMILES string of the molecule is CS(=O)(=O)Nc1cc(C(=O)N2CCC(c3nnc4ccccn34)CC2)ccc1Cl. The molecule has 1 aliphatic heterocycles. The molecule has 1 saturated heterocycles. The predicted octanol–water partition coefficient (Wildman–Crippen LogP) is 2.77. The van der Waals surface area contributed by atoms with E-state index < -0.39 is 10.0 Å². The second-order valence-corrected chi connectivity index (χ2v) is 9.28. The number of benzene rings is 1. The van der Waals surface area contributed by atoms with Gasteiger partial charge >= 0.3 is 0 Å². The zero-order valence-corrected chi connectivity index (χ0v) is 17.3. The Morgan fingerprint density at radius 1 is 1.17 bits per heavy atom. The van der Waals surface area contributed by atoms with Gasteiger partial charge in [0.15, 0.2) is 5.65 Å². The van der Waals surface area contributed by atoms with Crippen molar-refractivity contribution >= 4 is 38.9 Å². The number of anilines is 1. The normalized spacial score (nSPS) is 15.6. The quantitative estimate of drug-likeness (QED) is 0.682.